The Hall–Kier alpha value is -4.20. The number of H-pyrrole nitrogens is 1. The van der Waals surface area contributed by atoms with Crippen LogP contribution in [0.3, 0.4) is 0 Å². The zero-order chi connectivity index (χ0) is 45.8. The van der Waals surface area contributed by atoms with E-state index in [1.165, 1.54) is 13.0 Å². The summed E-state index contributed by atoms with van der Waals surface area (Å²) in [6.07, 6.45) is -14.4. The Kier molecular flexibility index (Phi) is 13.4. The van der Waals surface area contributed by atoms with Crippen molar-refractivity contribution in [3.8, 4) is 0 Å². The quantitative estimate of drug-likeness (QED) is 0.0485. The summed E-state index contributed by atoms with van der Waals surface area (Å²) >= 11 is 0. The number of phosphoric ester groups is 3. The molecule has 0 saturated carbocycles. The predicted molar refractivity (Wildman–Crippen MR) is 202 cm³/mol. The number of phosphoric acid groups is 3. The Labute approximate surface area is 350 Å². The summed E-state index contributed by atoms with van der Waals surface area (Å²) in [6.45, 7) is -1.60. The molecule has 13 atom stereocenters. The molecule has 0 amide bonds. The van der Waals surface area contributed by atoms with Crippen LogP contribution in [-0.4, -0.2) is 142 Å². The molecule has 63 heavy (non-hydrogen) atoms. The largest absolute Gasteiger partial charge is 0.472 e. The first kappa shape index (κ1) is 46.8. The number of fused-ring (bicyclic) bond motifs is 1. The van der Waals surface area contributed by atoms with Crippen molar-refractivity contribution in [2.45, 2.75) is 80.9 Å². The minimum absolute atomic E-state index is 0.00139. The van der Waals surface area contributed by atoms with E-state index in [0.717, 1.165) is 38.7 Å². The number of nitrogen functional groups attached to an aromatic ring is 2. The van der Waals surface area contributed by atoms with Gasteiger partial charge in [-0.3, -0.25) is 46.1 Å². The van der Waals surface area contributed by atoms with Crippen LogP contribution in [0, 0.1) is 6.92 Å². The fourth-order valence-electron chi connectivity index (χ4n) is 6.81. The first-order valence-electron chi connectivity index (χ1n) is 18.1. The van der Waals surface area contributed by atoms with Crippen molar-refractivity contribution in [1.82, 2.24) is 38.6 Å². The molecule has 7 rings (SSSR count). The van der Waals surface area contributed by atoms with Crippen LogP contribution in [0.2, 0.25) is 0 Å². The van der Waals surface area contributed by atoms with E-state index in [4.69, 9.17) is 43.8 Å². The molecule has 7 heterocycles. The smallest absolute Gasteiger partial charge is 0.387 e. The molecule has 0 aliphatic carbocycles. The molecular formula is C29H39N10O21P3. The van der Waals surface area contributed by atoms with Crippen molar-refractivity contribution in [2.75, 3.05) is 31.3 Å². The fraction of sp³-hybridized carbons (Fsp3) is 0.552. The van der Waals surface area contributed by atoms with Gasteiger partial charge in [-0.25, -0.2) is 38.2 Å². The number of aliphatic hydroxyl groups is 3. The van der Waals surface area contributed by atoms with Gasteiger partial charge in [0, 0.05) is 24.4 Å². The Morgan fingerprint density at radius 1 is 0.810 bits per heavy atom. The van der Waals surface area contributed by atoms with Crippen molar-refractivity contribution in [3.05, 3.63) is 68.0 Å². The number of ether oxygens (including phenoxy) is 3. The third kappa shape index (κ3) is 10.4. The summed E-state index contributed by atoms with van der Waals surface area (Å²) in [5, 5.41) is 32.7. The van der Waals surface area contributed by atoms with E-state index in [1.54, 1.807) is 0 Å². The Morgan fingerprint density at radius 3 is 2.16 bits per heavy atom. The maximum atomic E-state index is 13.5. The molecule has 0 aromatic carbocycles. The van der Waals surface area contributed by atoms with Gasteiger partial charge in [-0.1, -0.05) is 0 Å². The van der Waals surface area contributed by atoms with Gasteiger partial charge in [0.25, 0.3) is 5.56 Å². The molecule has 4 aromatic rings. The number of nitrogens with zero attached hydrogens (tertiary/aromatic N) is 7. The molecule has 0 bridgehead atoms. The van der Waals surface area contributed by atoms with Crippen LogP contribution >= 0.6 is 23.5 Å². The maximum Gasteiger partial charge on any atom is 0.472 e. The lowest BCUT2D eigenvalue weighted by Gasteiger charge is -2.25. The van der Waals surface area contributed by atoms with Crippen LogP contribution in [0.15, 0.2) is 45.5 Å². The van der Waals surface area contributed by atoms with Gasteiger partial charge in [-0.2, -0.15) is 4.98 Å². The van der Waals surface area contributed by atoms with Crippen LogP contribution in [0.5, 0.6) is 0 Å². The number of nitrogens with one attached hydrogen (secondary N) is 1. The second kappa shape index (κ2) is 18.0. The second-order valence-corrected chi connectivity index (χ2v) is 18.2. The molecule has 3 aliphatic rings. The van der Waals surface area contributed by atoms with Crippen LogP contribution in [0.1, 0.15) is 30.7 Å². The predicted octanol–water partition coefficient (Wildman–Crippen LogP) is -3.62. The minimum Gasteiger partial charge on any atom is -0.387 e. The monoisotopic (exact) mass is 956 g/mol. The molecule has 346 valence electrons. The van der Waals surface area contributed by atoms with Crippen LogP contribution in [0.4, 0.5) is 11.6 Å². The van der Waals surface area contributed by atoms with Crippen molar-refractivity contribution in [2.24, 2.45) is 0 Å². The van der Waals surface area contributed by atoms with E-state index < -0.39 is 134 Å². The molecular weight excluding hydrogens is 917 g/mol. The SMILES string of the molecule is Cc1cn([C@H]2C[C@H](OP(=O)(O)OC[C@H]3O[C@@H](n4cnc5c(N)ncnc54)[C@H](O)[C@@H]3OP(=O)(O)OC[C@H]3O[C@@H](n4ccc(N)nc4=O)[C@H](O)[C@@H]3O)[C@@H](COP(=O)(O)O)O2)c(=O)[nH]c1=O. The number of nitrogens with two attached hydrogens (primary N) is 2. The Bertz CT molecular complexity index is 2660. The molecule has 3 fully saturated rings. The molecule has 31 nitrogen and oxygen atoms in total. The van der Waals surface area contributed by atoms with E-state index >= 15 is 0 Å². The van der Waals surface area contributed by atoms with Crippen molar-refractivity contribution in [3.63, 3.8) is 0 Å². The first-order chi connectivity index (χ1) is 29.5. The molecule has 4 aromatic heterocycles. The summed E-state index contributed by atoms with van der Waals surface area (Å²) in [4.78, 5) is 94.7. The molecule has 12 N–H and O–H groups in total. The third-order valence-electron chi connectivity index (χ3n) is 9.80. The average molecular weight is 957 g/mol. The van der Waals surface area contributed by atoms with Gasteiger partial charge < -0.3 is 60.6 Å². The first-order valence-corrected chi connectivity index (χ1v) is 22.6. The summed E-state index contributed by atoms with van der Waals surface area (Å²) in [5.41, 5.74) is 8.87. The van der Waals surface area contributed by atoms with Gasteiger partial charge in [0.05, 0.1) is 26.1 Å². The second-order valence-electron chi connectivity index (χ2n) is 14.1. The number of hydrogen-bond acceptors (Lipinski definition) is 23. The van der Waals surface area contributed by atoms with E-state index in [1.807, 2.05) is 4.98 Å². The van der Waals surface area contributed by atoms with Crippen molar-refractivity contribution < 1.29 is 85.4 Å². The van der Waals surface area contributed by atoms with Gasteiger partial charge >= 0.3 is 34.8 Å². The average Bonchev–Trinajstić information content (AvgIpc) is 3.95. The van der Waals surface area contributed by atoms with E-state index in [-0.39, 0.29) is 28.4 Å². The summed E-state index contributed by atoms with van der Waals surface area (Å²) in [5.74, 6) is -0.218. The Morgan fingerprint density at radius 2 is 1.46 bits per heavy atom. The molecule has 34 heteroatoms. The van der Waals surface area contributed by atoms with Crippen molar-refractivity contribution >= 4 is 46.3 Å². The zero-order valence-corrected chi connectivity index (χ0v) is 34.7. The molecule has 3 saturated heterocycles. The lowest BCUT2D eigenvalue weighted by molar-refractivity contribution is -0.0631. The molecule has 2 unspecified atom stereocenters. The lowest BCUT2D eigenvalue weighted by atomic mass is 10.1. The number of imidazole rings is 1. The highest BCUT2D eigenvalue weighted by atomic mass is 31.2. The summed E-state index contributed by atoms with van der Waals surface area (Å²) in [6, 6.07) is 1.21. The van der Waals surface area contributed by atoms with Gasteiger partial charge in [0.2, 0.25) is 0 Å². The van der Waals surface area contributed by atoms with Crippen LogP contribution in [0.25, 0.3) is 11.2 Å². The van der Waals surface area contributed by atoms with Gasteiger partial charge in [-0.15, -0.1) is 0 Å². The number of aryl methyl sites for hydroxylation is 1. The number of aromatic nitrogens is 8. The number of aliphatic hydroxyl groups excluding tert-OH is 3. The number of rotatable bonds is 16. The van der Waals surface area contributed by atoms with Crippen LogP contribution in [-0.2, 0) is 50.5 Å². The molecule has 3 aliphatic heterocycles. The van der Waals surface area contributed by atoms with Gasteiger partial charge in [0.1, 0.15) is 72.7 Å². The van der Waals surface area contributed by atoms with E-state index in [9.17, 15) is 63.0 Å². The van der Waals surface area contributed by atoms with Crippen LogP contribution < -0.4 is 28.4 Å². The van der Waals surface area contributed by atoms with E-state index in [2.05, 4.69) is 24.5 Å². The molecule has 0 spiro atoms. The topological polar surface area (TPSA) is 452 Å². The standard InChI is InChI=1S/C29H39N10O21P3/c1-11-5-38(29(45)36-25(11)43)17-4-12(13(56-17)6-53-61(46,47)48)59-62(49,50)55-8-15-22(21(42)27(58-15)39-10-34-18-23(31)32-9-33-24(18)39)60-63(51,52)54-7-14-19(40)20(41)26(57-14)37-3-2-16(30)35-28(37)44/h2-3,5,9-10,12-15,17,19-22,26-27,40-42H,4,6-8H2,1H3,(H,49,50)(H,51,52)(H2,30,35,44)(H2,31,32,33)(H,36,43,45)(H2,46,47,48)/t12-,13+,14+,15+,17+,19+,20+,21+,22+,26+,27+/m0/s1. The summed E-state index contributed by atoms with van der Waals surface area (Å²) < 4.78 is 83.7. The van der Waals surface area contributed by atoms with Crippen molar-refractivity contribution in [1.29, 1.82) is 0 Å². The fourth-order valence-corrected chi connectivity index (χ4v) is 9.08. The van der Waals surface area contributed by atoms with Gasteiger partial charge in [0.15, 0.2) is 23.9 Å². The Balaban J connectivity index is 1.08. The van der Waals surface area contributed by atoms with E-state index in [0.29, 0.717) is 0 Å². The highest BCUT2D eigenvalue weighted by molar-refractivity contribution is 7.47. The molecule has 0 radical (unpaired) electrons. The van der Waals surface area contributed by atoms with Gasteiger partial charge in [-0.05, 0) is 13.0 Å². The number of aromatic amines is 1. The number of hydrogen-bond donors (Lipinski definition) is 10. The zero-order valence-electron chi connectivity index (χ0n) is 32.0. The lowest BCUT2D eigenvalue weighted by Crippen LogP contribution is -2.37. The highest BCUT2D eigenvalue weighted by Gasteiger charge is 2.52. The summed E-state index contributed by atoms with van der Waals surface area (Å²) in [7, 11) is -15.9. The normalized spacial score (nSPS) is 30.8. The minimum atomic E-state index is -5.39. The number of anilines is 2. The highest BCUT2D eigenvalue weighted by Crippen LogP contribution is 2.52. The third-order valence-corrected chi connectivity index (χ3v) is 12.3. The maximum absolute atomic E-state index is 13.5.